The third kappa shape index (κ3) is 11.0. The van der Waals surface area contributed by atoms with E-state index in [0.29, 0.717) is 54.2 Å². The maximum Gasteiger partial charge on any atom is 0.408 e. The summed E-state index contributed by atoms with van der Waals surface area (Å²) in [5.74, 6) is 0.916. The number of rotatable bonds is 17. The van der Waals surface area contributed by atoms with Gasteiger partial charge in [0.05, 0.1) is 17.7 Å². The zero-order chi connectivity index (χ0) is 43.7. The molecular formula is C51H55N5O7. The molecule has 3 aliphatic rings. The standard InChI is InChI=1S/C51H55N5O7/c1-34-8-5-9-36(28-34)31-56(25-7-24-52-30-45(58)42-18-20-44(57)49-43(42)19-21-47(59)53-49)50(60)39-16-14-35(15-17-39)33-62-41-13-6-12-40(29-41)48(38-10-3-2-4-11-38)54-51(61)63-46-32-55-26-22-37(46)23-27-55/h2-6,8-21,28-29,37,45-46,48,52,57-58H,7,22-27,30-33H2,1H3,(H,53,59)(H,54,61). The number of carbonyl (C=O) groups is 2. The Kier molecular flexibility index (Phi) is 13.8. The second-order valence-electron chi connectivity index (χ2n) is 16.7. The molecule has 2 bridgehead atoms. The predicted octanol–water partition coefficient (Wildman–Crippen LogP) is 7.39. The van der Waals surface area contributed by atoms with Gasteiger partial charge in [-0.3, -0.25) is 14.5 Å². The van der Waals surface area contributed by atoms with Crippen molar-refractivity contribution < 1.29 is 29.3 Å². The molecule has 2 amide bonds. The fourth-order valence-corrected chi connectivity index (χ4v) is 8.79. The van der Waals surface area contributed by atoms with Crippen LogP contribution in [0.15, 0.2) is 132 Å². The first-order valence-corrected chi connectivity index (χ1v) is 21.8. The van der Waals surface area contributed by atoms with E-state index < -0.39 is 18.2 Å². The van der Waals surface area contributed by atoms with Crippen molar-refractivity contribution in [3.05, 3.63) is 177 Å². The summed E-state index contributed by atoms with van der Waals surface area (Å²) in [4.78, 5) is 46.0. The zero-order valence-electron chi connectivity index (χ0n) is 35.5. The van der Waals surface area contributed by atoms with E-state index in [0.717, 1.165) is 60.3 Å². The van der Waals surface area contributed by atoms with Crippen LogP contribution in [-0.2, 0) is 17.9 Å². The number of benzene rings is 5. The minimum atomic E-state index is -0.881. The molecule has 9 rings (SSSR count). The highest BCUT2D eigenvalue weighted by atomic mass is 16.6. The third-order valence-electron chi connectivity index (χ3n) is 12.2. The van der Waals surface area contributed by atoms with E-state index in [1.54, 1.807) is 12.1 Å². The van der Waals surface area contributed by atoms with Gasteiger partial charge in [-0.25, -0.2) is 4.79 Å². The van der Waals surface area contributed by atoms with E-state index >= 15 is 0 Å². The number of H-pyrrole nitrogens is 1. The first-order chi connectivity index (χ1) is 30.7. The normalized spacial score (nSPS) is 17.8. The second-order valence-corrected chi connectivity index (χ2v) is 16.7. The number of nitrogens with zero attached hydrogens (tertiary/aromatic N) is 2. The van der Waals surface area contributed by atoms with Crippen molar-refractivity contribution in [1.82, 2.24) is 25.4 Å². The summed E-state index contributed by atoms with van der Waals surface area (Å²) >= 11 is 0. The topological polar surface area (TPSA) is 156 Å². The number of aryl methyl sites for hydroxylation is 1. The molecule has 12 heteroatoms. The van der Waals surface area contributed by atoms with Crippen LogP contribution in [0.25, 0.3) is 10.9 Å². The van der Waals surface area contributed by atoms with Crippen LogP contribution in [0.4, 0.5) is 4.79 Å². The zero-order valence-corrected chi connectivity index (χ0v) is 35.5. The van der Waals surface area contributed by atoms with Crippen LogP contribution in [0.3, 0.4) is 0 Å². The number of ether oxygens (including phenoxy) is 2. The molecule has 4 heterocycles. The van der Waals surface area contributed by atoms with E-state index in [1.807, 2.05) is 109 Å². The molecule has 326 valence electrons. The molecular weight excluding hydrogens is 795 g/mol. The quantitative estimate of drug-likeness (QED) is 0.0591. The summed E-state index contributed by atoms with van der Waals surface area (Å²) in [6, 6.07) is 38.9. The van der Waals surface area contributed by atoms with Crippen molar-refractivity contribution in [1.29, 1.82) is 0 Å². The van der Waals surface area contributed by atoms with Crippen molar-refractivity contribution >= 4 is 22.9 Å². The molecule has 5 N–H and O–H groups in total. The molecule has 3 saturated heterocycles. The van der Waals surface area contributed by atoms with Crippen LogP contribution in [-0.4, -0.2) is 82.4 Å². The highest BCUT2D eigenvalue weighted by molar-refractivity contribution is 5.94. The lowest BCUT2D eigenvalue weighted by Gasteiger charge is -2.43. The summed E-state index contributed by atoms with van der Waals surface area (Å²) in [6.07, 6.45) is 1.37. The van der Waals surface area contributed by atoms with E-state index in [4.69, 9.17) is 9.47 Å². The number of hydrogen-bond acceptors (Lipinski definition) is 9. The minimum absolute atomic E-state index is 0.0589. The Morgan fingerprint density at radius 3 is 2.41 bits per heavy atom. The molecule has 0 radical (unpaired) electrons. The largest absolute Gasteiger partial charge is 0.506 e. The Morgan fingerprint density at radius 2 is 1.65 bits per heavy atom. The first-order valence-electron chi connectivity index (χ1n) is 21.8. The number of hydrogen-bond donors (Lipinski definition) is 5. The van der Waals surface area contributed by atoms with E-state index in [9.17, 15) is 24.6 Å². The van der Waals surface area contributed by atoms with Gasteiger partial charge in [-0.15, -0.1) is 0 Å². The number of aliphatic hydroxyl groups is 1. The molecule has 0 saturated carbocycles. The van der Waals surface area contributed by atoms with Crippen LogP contribution in [0, 0.1) is 12.8 Å². The Labute approximate surface area is 367 Å². The van der Waals surface area contributed by atoms with Gasteiger partial charge in [0.25, 0.3) is 5.91 Å². The lowest BCUT2D eigenvalue weighted by atomic mass is 9.86. The number of aliphatic hydroxyl groups excluding tert-OH is 1. The van der Waals surface area contributed by atoms with E-state index in [1.165, 1.54) is 12.1 Å². The maximum absolute atomic E-state index is 14.0. The highest BCUT2D eigenvalue weighted by Crippen LogP contribution is 2.32. The van der Waals surface area contributed by atoms with E-state index in [-0.39, 0.29) is 42.0 Å². The monoisotopic (exact) mass is 849 g/mol. The average molecular weight is 850 g/mol. The Morgan fingerprint density at radius 1 is 0.873 bits per heavy atom. The van der Waals surface area contributed by atoms with Gasteiger partial charge in [-0.05, 0) is 116 Å². The van der Waals surface area contributed by atoms with Crippen LogP contribution in [0.5, 0.6) is 11.5 Å². The lowest BCUT2D eigenvalue weighted by Crippen LogP contribution is -2.52. The molecule has 3 atom stereocenters. The van der Waals surface area contributed by atoms with Crippen LogP contribution < -0.4 is 20.9 Å². The van der Waals surface area contributed by atoms with Gasteiger partial charge in [-0.2, -0.15) is 0 Å². The predicted molar refractivity (Wildman–Crippen MR) is 243 cm³/mol. The Bertz CT molecular complexity index is 2560. The number of aromatic hydroxyl groups is 1. The number of carbonyl (C=O) groups excluding carboxylic acids is 2. The molecule has 6 aromatic rings. The average Bonchev–Trinajstić information content (AvgIpc) is 3.30. The molecule has 3 fully saturated rings. The van der Waals surface area contributed by atoms with Crippen molar-refractivity contribution in [3.8, 4) is 11.5 Å². The number of amides is 2. The summed E-state index contributed by atoms with van der Waals surface area (Å²) in [5.41, 5.74) is 5.97. The van der Waals surface area contributed by atoms with Gasteiger partial charge in [0.2, 0.25) is 5.56 Å². The number of piperidine rings is 3. The van der Waals surface area contributed by atoms with Gasteiger partial charge in [-0.1, -0.05) is 90.5 Å². The summed E-state index contributed by atoms with van der Waals surface area (Å²) in [5, 5.41) is 28.3. The van der Waals surface area contributed by atoms with Gasteiger partial charge in [0.15, 0.2) is 0 Å². The molecule has 12 nitrogen and oxygen atoms in total. The van der Waals surface area contributed by atoms with Gasteiger partial charge < -0.3 is 40.2 Å². The van der Waals surface area contributed by atoms with Crippen LogP contribution in [0.1, 0.15) is 75.1 Å². The van der Waals surface area contributed by atoms with Crippen molar-refractivity contribution in [2.24, 2.45) is 5.92 Å². The number of pyridine rings is 1. The fraction of sp³-hybridized carbons (Fsp3) is 0.314. The number of fused-ring (bicyclic) bond motifs is 4. The lowest BCUT2D eigenvalue weighted by molar-refractivity contribution is -0.0336. The molecule has 3 unspecified atom stereocenters. The Hall–Kier alpha value is -6.47. The molecule has 5 aromatic carbocycles. The van der Waals surface area contributed by atoms with Gasteiger partial charge in [0, 0.05) is 43.2 Å². The van der Waals surface area contributed by atoms with Crippen molar-refractivity contribution in [3.63, 3.8) is 0 Å². The van der Waals surface area contributed by atoms with Gasteiger partial charge in [0.1, 0.15) is 24.2 Å². The van der Waals surface area contributed by atoms with Crippen LogP contribution >= 0.6 is 0 Å². The smallest absolute Gasteiger partial charge is 0.408 e. The summed E-state index contributed by atoms with van der Waals surface area (Å²) < 4.78 is 12.3. The molecule has 1 aromatic heterocycles. The second kappa shape index (κ2) is 20.1. The van der Waals surface area contributed by atoms with Crippen LogP contribution in [0.2, 0.25) is 0 Å². The van der Waals surface area contributed by atoms with Gasteiger partial charge >= 0.3 is 6.09 Å². The number of phenols is 1. The minimum Gasteiger partial charge on any atom is -0.506 e. The number of aromatic amines is 1. The maximum atomic E-state index is 14.0. The van der Waals surface area contributed by atoms with Crippen molar-refractivity contribution in [2.75, 3.05) is 39.3 Å². The SMILES string of the molecule is Cc1cccc(CN(CCCNCC(O)c2ccc(O)c3[nH]c(=O)ccc23)C(=O)c2ccc(COc3cccc(C(NC(=O)OC4CN5CCC4CC5)c4ccccc4)c3)cc2)c1. The molecule has 0 aliphatic carbocycles. The number of nitrogens with one attached hydrogen (secondary N) is 3. The molecule has 3 aliphatic heterocycles. The summed E-state index contributed by atoms with van der Waals surface area (Å²) in [7, 11) is 0. The Balaban J connectivity index is 0.878. The molecule has 0 spiro atoms. The summed E-state index contributed by atoms with van der Waals surface area (Å²) in [6.45, 7) is 6.97. The van der Waals surface area contributed by atoms with E-state index in [2.05, 4.69) is 26.6 Å². The molecule has 63 heavy (non-hydrogen) atoms. The third-order valence-corrected chi connectivity index (χ3v) is 12.2. The number of phenolic OH excluding ortho intramolecular Hbond substituents is 1. The highest BCUT2D eigenvalue weighted by Gasteiger charge is 2.37. The fourth-order valence-electron chi connectivity index (χ4n) is 8.79. The number of aromatic nitrogens is 1. The number of alkyl carbamates (subject to hydrolysis) is 1. The van der Waals surface area contributed by atoms with Crippen molar-refractivity contribution in [2.45, 2.75) is 57.6 Å². The first kappa shape index (κ1) is 43.2.